The minimum atomic E-state index is -1.62. The molecule has 0 radical (unpaired) electrons. The third-order valence-electron chi connectivity index (χ3n) is 1.81. The van der Waals surface area contributed by atoms with Crippen molar-refractivity contribution in [2.24, 2.45) is 0 Å². The number of esters is 1. The van der Waals surface area contributed by atoms with Crippen molar-refractivity contribution in [1.82, 2.24) is 0 Å². The van der Waals surface area contributed by atoms with Gasteiger partial charge < -0.3 is 4.74 Å². The Hall–Kier alpha value is -0.931. The van der Waals surface area contributed by atoms with E-state index in [1.54, 1.807) is 0 Å². The first kappa shape index (κ1) is 18.4. The molecule has 0 aliphatic heterocycles. The summed E-state index contributed by atoms with van der Waals surface area (Å²) in [6.45, 7) is 8.07. The first-order chi connectivity index (χ1) is 7.93. The summed E-state index contributed by atoms with van der Waals surface area (Å²) in [5.41, 5.74) is 2.61. The van der Waals surface area contributed by atoms with Gasteiger partial charge in [-0.1, -0.05) is 17.2 Å². The molecule has 0 amide bonds. The van der Waals surface area contributed by atoms with E-state index < -0.39 is 14.8 Å². The number of hydrogen-bond acceptors (Lipinski definition) is 4. The van der Waals surface area contributed by atoms with Crippen molar-refractivity contribution in [2.45, 2.75) is 40.5 Å². The molecule has 0 rings (SSSR count). The van der Waals surface area contributed by atoms with Crippen molar-refractivity contribution in [3.05, 3.63) is 23.3 Å². The van der Waals surface area contributed by atoms with Crippen molar-refractivity contribution >= 4 is 20.8 Å². The summed E-state index contributed by atoms with van der Waals surface area (Å²) in [7, 11) is 0. The molecule has 0 aromatic carbocycles. The van der Waals surface area contributed by atoms with Crippen LogP contribution in [-0.4, -0.2) is 27.4 Å². The van der Waals surface area contributed by atoms with Gasteiger partial charge in [0, 0.05) is 6.92 Å². The van der Waals surface area contributed by atoms with Gasteiger partial charge in [-0.3, -0.25) is 4.79 Å². The maximum atomic E-state index is 10.5. The minimum absolute atomic E-state index is 0.224. The monoisotopic (exact) mass is 308 g/mol. The molecule has 4 nitrogen and oxygen atoms in total. The predicted octanol–water partition coefficient (Wildman–Crippen LogP) is 2.62. The van der Waals surface area contributed by atoms with E-state index in [-0.39, 0.29) is 5.97 Å². The van der Waals surface area contributed by atoms with Crippen LogP contribution < -0.4 is 0 Å². The third-order valence-corrected chi connectivity index (χ3v) is 1.81. The first-order valence-electron chi connectivity index (χ1n) is 5.28. The third kappa shape index (κ3) is 21.0. The summed E-state index contributed by atoms with van der Waals surface area (Å²) >= 11 is -1.62. The van der Waals surface area contributed by atoms with Crippen LogP contribution in [0.1, 0.15) is 40.5 Å². The molecule has 5 heteroatoms. The second-order valence-corrected chi connectivity index (χ2v) is 4.03. The Morgan fingerprint density at radius 2 is 1.65 bits per heavy atom. The zero-order valence-corrected chi connectivity index (χ0v) is 12.5. The molecule has 0 fully saturated rings. The molecule has 0 heterocycles. The molecular weight excluding hydrogens is 287 g/mol. The Labute approximate surface area is 109 Å². The van der Waals surface area contributed by atoms with Crippen LogP contribution in [0, 0.1) is 0 Å². The van der Waals surface area contributed by atoms with Crippen molar-refractivity contribution in [3.63, 3.8) is 0 Å². The van der Waals surface area contributed by atoms with E-state index in [2.05, 4.69) is 26.8 Å². The average molecular weight is 307 g/mol. The van der Waals surface area contributed by atoms with Gasteiger partial charge in [0.15, 0.2) is 0 Å². The summed E-state index contributed by atoms with van der Waals surface area (Å²) in [4.78, 5) is 10.5. The fraction of sp³-hybridized carbons (Fsp3) is 0.583. The van der Waals surface area contributed by atoms with Crippen LogP contribution in [0.2, 0.25) is 0 Å². The first-order valence-corrected chi connectivity index (χ1v) is 6.68. The van der Waals surface area contributed by atoms with E-state index >= 15 is 0 Å². The number of hydrogen-bond donors (Lipinski definition) is 0. The van der Waals surface area contributed by atoms with Crippen LogP contribution in [0.15, 0.2) is 23.3 Å². The van der Waals surface area contributed by atoms with Gasteiger partial charge in [0.1, 0.15) is 6.61 Å². The van der Waals surface area contributed by atoms with Crippen molar-refractivity contribution in [2.75, 3.05) is 6.61 Å². The zero-order valence-electron chi connectivity index (χ0n) is 10.8. The van der Waals surface area contributed by atoms with E-state index in [1.807, 2.05) is 6.08 Å². The molecule has 0 aromatic heterocycles. The molecule has 0 aliphatic rings. The summed E-state index contributed by atoms with van der Waals surface area (Å²) in [6, 6.07) is 0. The molecule has 17 heavy (non-hydrogen) atoms. The van der Waals surface area contributed by atoms with Crippen LogP contribution in [0.3, 0.4) is 0 Å². The second-order valence-electron chi connectivity index (χ2n) is 3.74. The van der Waals surface area contributed by atoms with Crippen LogP contribution in [-0.2, 0) is 17.2 Å². The van der Waals surface area contributed by atoms with Gasteiger partial charge in [-0.15, -0.1) is 0 Å². The van der Waals surface area contributed by atoms with Crippen LogP contribution in [0.5, 0.6) is 0 Å². The summed E-state index contributed by atoms with van der Waals surface area (Å²) in [5.74, 6) is -0.224. The Bertz CT molecular complexity index is 308. The molecule has 98 valence electrons. The fourth-order valence-corrected chi connectivity index (χ4v) is 0.992. The number of ether oxygens (including phenoxy) is 1. The van der Waals surface area contributed by atoms with Crippen molar-refractivity contribution < 1.29 is 17.2 Å². The van der Waals surface area contributed by atoms with Crippen LogP contribution >= 0.6 is 0 Å². The maximum absolute atomic E-state index is 10.5. The number of allylic oxidation sites excluding steroid dienone is 3. The van der Waals surface area contributed by atoms with E-state index in [4.69, 9.17) is 12.4 Å². The molecule has 0 aromatic rings. The van der Waals surface area contributed by atoms with Crippen LogP contribution in [0.25, 0.3) is 0 Å². The number of rotatable bonds is 5. The Morgan fingerprint density at radius 3 is 2.06 bits per heavy atom. The van der Waals surface area contributed by atoms with E-state index in [9.17, 15) is 4.79 Å². The molecule has 0 atom stereocenters. The fourth-order valence-electron chi connectivity index (χ4n) is 0.992. The van der Waals surface area contributed by atoms with Gasteiger partial charge in [-0.2, -0.15) is 0 Å². The van der Waals surface area contributed by atoms with Crippen molar-refractivity contribution in [3.8, 4) is 0 Å². The van der Waals surface area contributed by atoms with Gasteiger partial charge in [0.2, 0.25) is 0 Å². The van der Waals surface area contributed by atoms with Gasteiger partial charge in [-0.25, -0.2) is 0 Å². The predicted molar refractivity (Wildman–Crippen MR) is 66.2 cm³/mol. The SMILES string of the molecule is CC(=O)OC/C=C(\C)CCC=C(C)C.O=[Se]=O. The molecule has 0 unspecified atom stereocenters. The topological polar surface area (TPSA) is 60.4 Å². The molecule has 0 saturated heterocycles. The Balaban J connectivity index is 0. The summed E-state index contributed by atoms with van der Waals surface area (Å²) < 4.78 is 21.7. The molecular formula is C12H20O4Se. The zero-order chi connectivity index (χ0) is 13.7. The second kappa shape index (κ2) is 13.1. The summed E-state index contributed by atoms with van der Waals surface area (Å²) in [5, 5.41) is 0. The quantitative estimate of drug-likeness (QED) is 0.445. The Kier molecular flexibility index (Phi) is 14.2. The normalized spacial score (nSPS) is 9.76. The average Bonchev–Trinajstić information content (AvgIpc) is 2.17. The van der Waals surface area contributed by atoms with Crippen LogP contribution in [0.4, 0.5) is 0 Å². The van der Waals surface area contributed by atoms with Gasteiger partial charge in [-0.05, 0) is 39.7 Å². The molecule has 0 bridgehead atoms. The molecule has 0 spiro atoms. The number of carbonyl (C=O) groups excluding carboxylic acids is 1. The molecule has 0 saturated carbocycles. The van der Waals surface area contributed by atoms with Gasteiger partial charge >= 0.3 is 28.5 Å². The summed E-state index contributed by atoms with van der Waals surface area (Å²) in [6.07, 6.45) is 6.26. The standard InChI is InChI=1S/C12H20O2.O2Se/c1-10(2)6-5-7-11(3)8-9-14-12(4)13;1-3-2/h6,8H,5,7,9H2,1-4H3;/b11-8+;. The van der Waals surface area contributed by atoms with E-state index in [1.165, 1.54) is 18.1 Å². The molecule has 0 aliphatic carbocycles. The van der Waals surface area contributed by atoms with E-state index in [0.29, 0.717) is 6.61 Å². The van der Waals surface area contributed by atoms with Gasteiger partial charge in [0.25, 0.3) is 0 Å². The van der Waals surface area contributed by atoms with Gasteiger partial charge in [0.05, 0.1) is 0 Å². The van der Waals surface area contributed by atoms with E-state index in [0.717, 1.165) is 12.8 Å². The van der Waals surface area contributed by atoms with Crippen molar-refractivity contribution in [1.29, 1.82) is 0 Å². The Morgan fingerprint density at radius 1 is 1.12 bits per heavy atom. The molecule has 0 N–H and O–H groups in total. The number of carbonyl (C=O) groups is 1.